The summed E-state index contributed by atoms with van der Waals surface area (Å²) in [5.74, 6) is 0.282. The van der Waals surface area contributed by atoms with Gasteiger partial charge >= 0.3 is 6.03 Å². The molecule has 28 heavy (non-hydrogen) atoms. The average molecular weight is 396 g/mol. The van der Waals surface area contributed by atoms with E-state index in [1.54, 1.807) is 25.1 Å². The molecule has 3 amide bonds. The van der Waals surface area contributed by atoms with Crippen molar-refractivity contribution in [1.29, 1.82) is 0 Å². The van der Waals surface area contributed by atoms with E-state index in [1.807, 2.05) is 37.3 Å². The molecular weight excluding hydrogens is 376 g/mol. The van der Waals surface area contributed by atoms with Crippen molar-refractivity contribution in [3.8, 4) is 5.75 Å². The fourth-order valence-corrected chi connectivity index (χ4v) is 3.43. The van der Waals surface area contributed by atoms with Crippen LogP contribution in [0, 0.1) is 13.8 Å². The molecule has 1 heterocycles. The van der Waals surface area contributed by atoms with Gasteiger partial charge in [-0.15, -0.1) is 0 Å². The third kappa shape index (κ3) is 4.66. The molecule has 144 valence electrons. The van der Waals surface area contributed by atoms with Gasteiger partial charge in [0, 0.05) is 5.69 Å². The third-order valence-corrected chi connectivity index (χ3v) is 4.93. The predicted octanol–water partition coefficient (Wildman–Crippen LogP) is 4.66. The van der Waals surface area contributed by atoms with E-state index in [0.717, 1.165) is 16.9 Å². The minimum atomic E-state index is -0.469. The lowest BCUT2D eigenvalue weighted by molar-refractivity contribution is 0.103. The van der Waals surface area contributed by atoms with Crippen molar-refractivity contribution in [1.82, 2.24) is 4.98 Å². The minimum absolute atomic E-state index is 0.265. The van der Waals surface area contributed by atoms with Crippen molar-refractivity contribution in [2.75, 3.05) is 23.1 Å². The summed E-state index contributed by atoms with van der Waals surface area (Å²) in [5.41, 5.74) is 2.84. The molecule has 0 atom stereocenters. The number of hydrogen-bond donors (Lipinski definition) is 3. The number of hydrogen-bond acceptors (Lipinski definition) is 5. The van der Waals surface area contributed by atoms with Crippen LogP contribution < -0.4 is 20.7 Å². The molecule has 0 unspecified atom stereocenters. The zero-order valence-corrected chi connectivity index (χ0v) is 16.5. The molecule has 8 heteroatoms. The summed E-state index contributed by atoms with van der Waals surface area (Å²) in [6, 6.07) is 14.1. The molecule has 0 aliphatic carbocycles. The van der Waals surface area contributed by atoms with E-state index in [9.17, 15) is 9.59 Å². The lowest BCUT2D eigenvalue weighted by Crippen LogP contribution is -2.19. The van der Waals surface area contributed by atoms with Crippen LogP contribution in [0.25, 0.3) is 0 Å². The zero-order valence-electron chi connectivity index (χ0n) is 15.7. The topological polar surface area (TPSA) is 92.3 Å². The van der Waals surface area contributed by atoms with Gasteiger partial charge in [0.15, 0.2) is 5.13 Å². The quantitative estimate of drug-likeness (QED) is 0.585. The highest BCUT2D eigenvalue weighted by Crippen LogP contribution is 2.26. The van der Waals surface area contributed by atoms with E-state index in [1.165, 1.54) is 7.11 Å². The molecule has 0 aliphatic rings. The highest BCUT2D eigenvalue weighted by Gasteiger charge is 2.17. The van der Waals surface area contributed by atoms with Crippen LogP contribution in [-0.4, -0.2) is 24.0 Å². The number of nitrogens with zero attached hydrogens (tertiary/aromatic N) is 1. The Kier molecular flexibility index (Phi) is 5.90. The Bertz CT molecular complexity index is 1020. The average Bonchev–Trinajstić information content (AvgIpc) is 3.02. The van der Waals surface area contributed by atoms with E-state index in [-0.39, 0.29) is 5.91 Å². The second kappa shape index (κ2) is 8.53. The van der Waals surface area contributed by atoms with Crippen LogP contribution in [0.1, 0.15) is 20.9 Å². The van der Waals surface area contributed by atoms with Crippen LogP contribution >= 0.6 is 11.3 Å². The summed E-state index contributed by atoms with van der Waals surface area (Å²) in [6.45, 7) is 3.68. The van der Waals surface area contributed by atoms with Crippen molar-refractivity contribution < 1.29 is 14.3 Å². The number of anilines is 3. The number of ether oxygens (including phenoxy) is 1. The van der Waals surface area contributed by atoms with Crippen LogP contribution in [0.2, 0.25) is 0 Å². The first kappa shape index (κ1) is 19.4. The maximum absolute atomic E-state index is 12.5. The van der Waals surface area contributed by atoms with Gasteiger partial charge in [0.05, 0.1) is 18.5 Å². The Labute approximate surface area is 166 Å². The number of urea groups is 1. The summed E-state index contributed by atoms with van der Waals surface area (Å²) in [5, 5.41) is 8.54. The Morgan fingerprint density at radius 1 is 1.00 bits per heavy atom. The second-order valence-corrected chi connectivity index (χ2v) is 7.04. The molecule has 0 saturated heterocycles. The number of aromatic nitrogens is 1. The molecule has 0 spiro atoms. The van der Waals surface area contributed by atoms with E-state index >= 15 is 0 Å². The van der Waals surface area contributed by atoms with Crippen molar-refractivity contribution in [3.05, 3.63) is 64.7 Å². The molecule has 2 aromatic carbocycles. The number of amides is 3. The van der Waals surface area contributed by atoms with E-state index in [0.29, 0.717) is 32.8 Å². The normalized spacial score (nSPS) is 10.2. The number of benzene rings is 2. The Balaban J connectivity index is 1.68. The lowest BCUT2D eigenvalue weighted by atomic mass is 10.2. The number of nitrogens with one attached hydrogen (secondary N) is 3. The fraction of sp³-hybridized carbons (Fsp3) is 0.150. The van der Waals surface area contributed by atoms with Gasteiger partial charge in [-0.1, -0.05) is 35.6 Å². The van der Waals surface area contributed by atoms with Crippen molar-refractivity contribution in [2.45, 2.75) is 13.8 Å². The molecule has 0 fully saturated rings. The van der Waals surface area contributed by atoms with Crippen molar-refractivity contribution >= 4 is 39.8 Å². The summed E-state index contributed by atoms with van der Waals surface area (Å²) < 4.78 is 5.21. The number of carbonyl (C=O) groups excluding carboxylic acids is 2. The van der Waals surface area contributed by atoms with Gasteiger partial charge in [-0.3, -0.25) is 10.1 Å². The fourth-order valence-electron chi connectivity index (χ4n) is 2.57. The number of methoxy groups -OCH3 is 1. The maximum atomic E-state index is 12.5. The van der Waals surface area contributed by atoms with E-state index in [4.69, 9.17) is 4.74 Å². The monoisotopic (exact) mass is 396 g/mol. The molecule has 3 rings (SSSR count). The Morgan fingerprint density at radius 3 is 2.54 bits per heavy atom. The maximum Gasteiger partial charge on any atom is 0.325 e. The van der Waals surface area contributed by atoms with Gasteiger partial charge in [0.1, 0.15) is 10.6 Å². The van der Waals surface area contributed by atoms with Gasteiger partial charge in [-0.2, -0.15) is 0 Å². The largest absolute Gasteiger partial charge is 0.495 e. The zero-order chi connectivity index (χ0) is 20.1. The smallest absolute Gasteiger partial charge is 0.325 e. The minimum Gasteiger partial charge on any atom is -0.495 e. The summed E-state index contributed by atoms with van der Waals surface area (Å²) in [6.07, 6.45) is 0. The molecule has 0 bridgehead atoms. The molecule has 0 radical (unpaired) electrons. The first-order valence-corrected chi connectivity index (χ1v) is 9.34. The Hall–Kier alpha value is -3.39. The van der Waals surface area contributed by atoms with Gasteiger partial charge in [-0.05, 0) is 43.7 Å². The summed E-state index contributed by atoms with van der Waals surface area (Å²) >= 11 is 1.11. The third-order valence-electron chi connectivity index (χ3n) is 3.85. The number of para-hydroxylation sites is 2. The van der Waals surface area contributed by atoms with Crippen LogP contribution in [0.5, 0.6) is 5.75 Å². The number of thiazole rings is 1. The second-order valence-electron chi connectivity index (χ2n) is 6.04. The van der Waals surface area contributed by atoms with Gasteiger partial charge < -0.3 is 15.4 Å². The van der Waals surface area contributed by atoms with Crippen molar-refractivity contribution in [3.63, 3.8) is 0 Å². The summed E-state index contributed by atoms with van der Waals surface area (Å²) in [4.78, 5) is 29.5. The summed E-state index contributed by atoms with van der Waals surface area (Å²) in [7, 11) is 1.53. The number of rotatable bonds is 5. The predicted molar refractivity (Wildman–Crippen MR) is 112 cm³/mol. The lowest BCUT2D eigenvalue weighted by Gasteiger charge is -2.09. The van der Waals surface area contributed by atoms with Gasteiger partial charge in [0.2, 0.25) is 0 Å². The van der Waals surface area contributed by atoms with Gasteiger partial charge in [0.25, 0.3) is 5.91 Å². The van der Waals surface area contributed by atoms with Crippen molar-refractivity contribution in [2.24, 2.45) is 0 Å². The van der Waals surface area contributed by atoms with E-state index in [2.05, 4.69) is 20.9 Å². The standard InChI is InChI=1S/C20H20N4O3S/c1-12-7-6-8-14(11-12)22-18(25)17-13(2)21-20(28-17)24-19(26)23-15-9-4-5-10-16(15)27-3/h4-11H,1-3H3,(H,22,25)(H2,21,23,24,26). The molecule has 0 aliphatic heterocycles. The first-order chi connectivity index (χ1) is 13.5. The van der Waals surface area contributed by atoms with E-state index < -0.39 is 6.03 Å². The van der Waals surface area contributed by atoms with Gasteiger partial charge in [-0.25, -0.2) is 9.78 Å². The molecule has 3 N–H and O–H groups in total. The molecule has 7 nitrogen and oxygen atoms in total. The van der Waals surface area contributed by atoms with Crippen LogP contribution in [-0.2, 0) is 0 Å². The highest BCUT2D eigenvalue weighted by molar-refractivity contribution is 7.17. The SMILES string of the molecule is COc1ccccc1NC(=O)Nc1nc(C)c(C(=O)Nc2cccc(C)c2)s1. The van der Waals surface area contributed by atoms with Crippen LogP contribution in [0.15, 0.2) is 48.5 Å². The number of aryl methyl sites for hydroxylation is 2. The molecule has 1 aromatic heterocycles. The first-order valence-electron chi connectivity index (χ1n) is 8.52. The molecular formula is C20H20N4O3S. The van der Waals surface area contributed by atoms with Crippen LogP contribution in [0.4, 0.5) is 21.3 Å². The van der Waals surface area contributed by atoms with Crippen LogP contribution in [0.3, 0.4) is 0 Å². The number of carbonyl (C=O) groups is 2. The highest BCUT2D eigenvalue weighted by atomic mass is 32.1. The Morgan fingerprint density at radius 2 is 1.79 bits per heavy atom. The molecule has 3 aromatic rings. The molecule has 0 saturated carbocycles.